The van der Waals surface area contributed by atoms with Crippen molar-refractivity contribution in [2.24, 2.45) is 0 Å². The fraction of sp³-hybridized carbons (Fsp3) is 0.0833. The Labute approximate surface area is 126 Å². The minimum Gasteiger partial charge on any atom is -0.357 e. The molecular weight excluding hydrogens is 314 g/mol. The lowest BCUT2D eigenvalue weighted by molar-refractivity contribution is 0.600. The number of nitrogens with zero attached hydrogens (tertiary/aromatic N) is 3. The van der Waals surface area contributed by atoms with Crippen LogP contribution < -0.4 is 10.0 Å². The molecule has 0 amide bonds. The van der Waals surface area contributed by atoms with E-state index in [1.54, 1.807) is 7.05 Å². The van der Waals surface area contributed by atoms with Gasteiger partial charge in [-0.05, 0) is 18.2 Å². The molecule has 9 heteroatoms. The number of nitriles is 1. The van der Waals surface area contributed by atoms with Crippen molar-refractivity contribution in [1.82, 2.24) is 9.97 Å². The molecule has 1 aromatic carbocycles. The van der Waals surface area contributed by atoms with Crippen molar-refractivity contribution in [3.05, 3.63) is 41.2 Å². The molecular formula is C12H10ClN5O2S. The molecule has 0 aliphatic carbocycles. The zero-order chi connectivity index (χ0) is 15.5. The lowest BCUT2D eigenvalue weighted by atomic mass is 10.2. The Morgan fingerprint density at radius 1 is 1.29 bits per heavy atom. The number of anilines is 2. The van der Waals surface area contributed by atoms with E-state index in [-0.39, 0.29) is 15.6 Å². The Hall–Kier alpha value is -2.37. The monoisotopic (exact) mass is 323 g/mol. The summed E-state index contributed by atoms with van der Waals surface area (Å²) in [5, 5.41) is 11.6. The molecule has 1 heterocycles. The van der Waals surface area contributed by atoms with Gasteiger partial charge in [-0.25, -0.2) is 18.4 Å². The van der Waals surface area contributed by atoms with E-state index in [1.807, 2.05) is 6.07 Å². The van der Waals surface area contributed by atoms with E-state index in [1.165, 1.54) is 30.6 Å². The van der Waals surface area contributed by atoms with E-state index >= 15 is 0 Å². The summed E-state index contributed by atoms with van der Waals surface area (Å²) in [6.45, 7) is 0. The number of benzene rings is 1. The Morgan fingerprint density at radius 3 is 2.48 bits per heavy atom. The van der Waals surface area contributed by atoms with E-state index in [2.05, 4.69) is 20.0 Å². The minimum atomic E-state index is -3.85. The van der Waals surface area contributed by atoms with E-state index < -0.39 is 10.0 Å². The van der Waals surface area contributed by atoms with Gasteiger partial charge in [0, 0.05) is 7.05 Å². The molecule has 0 bridgehead atoms. The summed E-state index contributed by atoms with van der Waals surface area (Å²) in [7, 11) is -2.23. The van der Waals surface area contributed by atoms with Crippen molar-refractivity contribution < 1.29 is 8.42 Å². The third kappa shape index (κ3) is 3.39. The maximum atomic E-state index is 12.2. The summed E-state index contributed by atoms with van der Waals surface area (Å²) in [5.41, 5.74) is 0.512. The van der Waals surface area contributed by atoms with Crippen LogP contribution in [0.15, 0.2) is 35.5 Å². The molecule has 0 saturated heterocycles. The van der Waals surface area contributed by atoms with Gasteiger partial charge in [0.15, 0.2) is 0 Å². The van der Waals surface area contributed by atoms with Crippen molar-refractivity contribution in [2.75, 3.05) is 17.1 Å². The fourth-order valence-electron chi connectivity index (χ4n) is 1.46. The lowest BCUT2D eigenvalue weighted by Gasteiger charge is -2.09. The summed E-state index contributed by atoms with van der Waals surface area (Å²) >= 11 is 5.93. The Kier molecular flexibility index (Phi) is 4.26. The Morgan fingerprint density at radius 2 is 1.95 bits per heavy atom. The standard InChI is InChI=1S/C12H10ClN5O2S/c1-15-12-16-6-9(7-17-12)21(19,20)18-11-3-2-8(5-14)4-10(11)13/h2-4,6-7,18H,1H3,(H,15,16,17). The molecule has 2 aromatic rings. The highest BCUT2D eigenvalue weighted by molar-refractivity contribution is 7.92. The molecule has 0 atom stereocenters. The first-order valence-electron chi connectivity index (χ1n) is 5.68. The number of hydrogen-bond acceptors (Lipinski definition) is 6. The number of aromatic nitrogens is 2. The average Bonchev–Trinajstić information content (AvgIpc) is 2.49. The van der Waals surface area contributed by atoms with E-state index in [0.717, 1.165) is 0 Å². The zero-order valence-corrected chi connectivity index (χ0v) is 12.4. The van der Waals surface area contributed by atoms with Crippen molar-refractivity contribution >= 4 is 33.3 Å². The predicted octanol–water partition coefficient (Wildman–Crippen LogP) is 1.84. The fourth-order valence-corrected chi connectivity index (χ4v) is 2.71. The SMILES string of the molecule is CNc1ncc(S(=O)(=O)Nc2ccc(C#N)cc2Cl)cn1. The normalized spacial score (nSPS) is 10.7. The number of halogens is 1. The number of nitrogens with one attached hydrogen (secondary N) is 2. The summed E-state index contributed by atoms with van der Waals surface area (Å²) < 4.78 is 26.7. The quantitative estimate of drug-likeness (QED) is 0.889. The highest BCUT2D eigenvalue weighted by Crippen LogP contribution is 2.25. The highest BCUT2D eigenvalue weighted by Gasteiger charge is 2.17. The first-order valence-corrected chi connectivity index (χ1v) is 7.54. The van der Waals surface area contributed by atoms with Gasteiger partial charge in [-0.3, -0.25) is 4.72 Å². The first kappa shape index (κ1) is 15.0. The molecule has 0 radical (unpaired) electrons. The van der Waals surface area contributed by atoms with Gasteiger partial charge in [0.25, 0.3) is 10.0 Å². The van der Waals surface area contributed by atoms with Crippen LogP contribution in [0, 0.1) is 11.3 Å². The van der Waals surface area contributed by atoms with Crippen molar-refractivity contribution in [3.8, 4) is 6.07 Å². The third-order valence-electron chi connectivity index (χ3n) is 2.50. The second-order valence-electron chi connectivity index (χ2n) is 3.90. The van der Waals surface area contributed by atoms with E-state index in [9.17, 15) is 8.42 Å². The van der Waals surface area contributed by atoms with Gasteiger partial charge >= 0.3 is 0 Å². The minimum absolute atomic E-state index is 0.0954. The van der Waals surface area contributed by atoms with Crippen LogP contribution in [-0.4, -0.2) is 25.4 Å². The molecule has 2 N–H and O–H groups in total. The van der Waals surface area contributed by atoms with Crippen LogP contribution in [0.1, 0.15) is 5.56 Å². The molecule has 0 saturated carbocycles. The maximum absolute atomic E-state index is 12.2. The van der Waals surface area contributed by atoms with Crippen LogP contribution >= 0.6 is 11.6 Å². The summed E-state index contributed by atoms with van der Waals surface area (Å²) in [4.78, 5) is 7.58. The van der Waals surface area contributed by atoms with Gasteiger partial charge < -0.3 is 5.32 Å². The summed E-state index contributed by atoms with van der Waals surface area (Å²) in [6, 6.07) is 6.17. The van der Waals surface area contributed by atoms with Crippen molar-refractivity contribution in [3.63, 3.8) is 0 Å². The molecule has 0 fully saturated rings. The van der Waals surface area contributed by atoms with Gasteiger partial charge in [0.05, 0.1) is 34.7 Å². The second-order valence-corrected chi connectivity index (χ2v) is 5.99. The molecule has 0 aliphatic heterocycles. The second kappa shape index (κ2) is 5.95. The third-order valence-corrected chi connectivity index (χ3v) is 4.14. The van der Waals surface area contributed by atoms with E-state index in [0.29, 0.717) is 11.5 Å². The van der Waals surface area contributed by atoms with Crippen LogP contribution in [-0.2, 0) is 10.0 Å². The molecule has 21 heavy (non-hydrogen) atoms. The smallest absolute Gasteiger partial charge is 0.265 e. The lowest BCUT2D eigenvalue weighted by Crippen LogP contribution is -2.14. The Balaban J connectivity index is 2.30. The average molecular weight is 324 g/mol. The van der Waals surface area contributed by atoms with Crippen molar-refractivity contribution in [1.29, 1.82) is 5.26 Å². The molecule has 0 unspecified atom stereocenters. The predicted molar refractivity (Wildman–Crippen MR) is 78.6 cm³/mol. The summed E-state index contributed by atoms with van der Waals surface area (Å²) in [6.07, 6.45) is 2.36. The zero-order valence-electron chi connectivity index (χ0n) is 10.8. The molecule has 0 aliphatic rings. The maximum Gasteiger partial charge on any atom is 0.265 e. The number of rotatable bonds is 4. The topological polar surface area (TPSA) is 108 Å². The van der Waals surface area contributed by atoms with Crippen LogP contribution in [0.4, 0.5) is 11.6 Å². The van der Waals surface area contributed by atoms with Gasteiger partial charge in [-0.2, -0.15) is 5.26 Å². The van der Waals surface area contributed by atoms with Crippen LogP contribution in [0.3, 0.4) is 0 Å². The molecule has 7 nitrogen and oxygen atoms in total. The van der Waals surface area contributed by atoms with Crippen molar-refractivity contribution in [2.45, 2.75) is 4.90 Å². The van der Waals surface area contributed by atoms with Gasteiger partial charge in [0.2, 0.25) is 5.95 Å². The number of sulfonamides is 1. The molecule has 0 spiro atoms. The molecule has 1 aromatic heterocycles. The van der Waals surface area contributed by atoms with Gasteiger partial charge in [-0.15, -0.1) is 0 Å². The molecule has 108 valence electrons. The first-order chi connectivity index (χ1) is 9.96. The summed E-state index contributed by atoms with van der Waals surface area (Å²) in [5.74, 6) is 0.311. The van der Waals surface area contributed by atoms with Gasteiger partial charge in [-0.1, -0.05) is 11.6 Å². The van der Waals surface area contributed by atoms with Gasteiger partial charge in [0.1, 0.15) is 4.90 Å². The molecule has 2 rings (SSSR count). The van der Waals surface area contributed by atoms with Crippen LogP contribution in [0.2, 0.25) is 5.02 Å². The number of hydrogen-bond donors (Lipinski definition) is 2. The largest absolute Gasteiger partial charge is 0.357 e. The van der Waals surface area contributed by atoms with Crippen LogP contribution in [0.25, 0.3) is 0 Å². The van der Waals surface area contributed by atoms with E-state index in [4.69, 9.17) is 16.9 Å². The van der Waals surface area contributed by atoms with Crippen LogP contribution in [0.5, 0.6) is 0 Å². The highest BCUT2D eigenvalue weighted by atomic mass is 35.5. The Bertz CT molecular complexity index is 799.